The van der Waals surface area contributed by atoms with Crippen LogP contribution < -0.4 is 0 Å². The molecule has 1 aliphatic rings. The molecule has 1 amide bonds. The summed E-state index contributed by atoms with van der Waals surface area (Å²) in [4.78, 5) is 13.8. The third-order valence-corrected chi connectivity index (χ3v) is 4.89. The van der Waals surface area contributed by atoms with Gasteiger partial charge in [0.2, 0.25) is 5.91 Å². The lowest BCUT2D eigenvalue weighted by Gasteiger charge is -2.22. The standard InChI is InChI=1S/C16H17FN2O2S/c1-21-9-8-19-15(20)11-22-16(19)12-6-7-18(10-12)14-4-2-13(17)3-5-14/h2-7,10,16H,8-9,11H2,1H3/t16-/m1/s1. The zero-order valence-corrected chi connectivity index (χ0v) is 13.1. The summed E-state index contributed by atoms with van der Waals surface area (Å²) >= 11 is 1.62. The summed E-state index contributed by atoms with van der Waals surface area (Å²) in [6, 6.07) is 8.34. The van der Waals surface area contributed by atoms with Crippen LogP contribution in [-0.4, -0.2) is 41.4 Å². The number of nitrogens with zero attached hydrogens (tertiary/aromatic N) is 2. The Labute approximate surface area is 132 Å². The lowest BCUT2D eigenvalue weighted by atomic mass is 10.3. The molecule has 0 bridgehead atoms. The molecule has 2 aromatic rings. The molecule has 3 rings (SSSR count). The van der Waals surface area contributed by atoms with Crippen molar-refractivity contribution < 1.29 is 13.9 Å². The summed E-state index contributed by atoms with van der Waals surface area (Å²) < 4.78 is 20.0. The summed E-state index contributed by atoms with van der Waals surface area (Å²) in [7, 11) is 1.63. The number of rotatable bonds is 5. The largest absolute Gasteiger partial charge is 0.383 e. The maximum Gasteiger partial charge on any atom is 0.233 e. The lowest BCUT2D eigenvalue weighted by molar-refractivity contribution is -0.128. The third-order valence-electron chi connectivity index (χ3n) is 3.63. The quantitative estimate of drug-likeness (QED) is 0.849. The fourth-order valence-electron chi connectivity index (χ4n) is 2.49. The number of ether oxygens (including phenoxy) is 1. The highest BCUT2D eigenvalue weighted by Crippen LogP contribution is 2.38. The van der Waals surface area contributed by atoms with Gasteiger partial charge in [0, 0.05) is 37.3 Å². The Morgan fingerprint density at radius 3 is 2.82 bits per heavy atom. The van der Waals surface area contributed by atoms with Gasteiger partial charge >= 0.3 is 0 Å². The average Bonchev–Trinajstić information content (AvgIpc) is 3.13. The van der Waals surface area contributed by atoms with Crippen molar-refractivity contribution in [1.82, 2.24) is 9.47 Å². The van der Waals surface area contributed by atoms with Gasteiger partial charge in [-0.1, -0.05) is 0 Å². The minimum Gasteiger partial charge on any atom is -0.383 e. The van der Waals surface area contributed by atoms with Crippen LogP contribution in [0, 0.1) is 5.82 Å². The van der Waals surface area contributed by atoms with Crippen molar-refractivity contribution in [3.63, 3.8) is 0 Å². The first-order chi connectivity index (χ1) is 10.7. The van der Waals surface area contributed by atoms with Gasteiger partial charge in [-0.3, -0.25) is 4.79 Å². The van der Waals surface area contributed by atoms with Gasteiger partial charge in [-0.2, -0.15) is 0 Å². The van der Waals surface area contributed by atoms with Crippen LogP contribution in [-0.2, 0) is 9.53 Å². The monoisotopic (exact) mass is 320 g/mol. The highest BCUT2D eigenvalue weighted by molar-refractivity contribution is 8.00. The number of carbonyl (C=O) groups excluding carboxylic acids is 1. The molecule has 4 nitrogen and oxygen atoms in total. The van der Waals surface area contributed by atoms with Crippen molar-refractivity contribution in [2.75, 3.05) is 26.0 Å². The van der Waals surface area contributed by atoms with E-state index in [1.807, 2.05) is 27.9 Å². The van der Waals surface area contributed by atoms with E-state index in [0.717, 1.165) is 11.3 Å². The van der Waals surface area contributed by atoms with Gasteiger partial charge in [0.25, 0.3) is 0 Å². The van der Waals surface area contributed by atoms with E-state index in [1.165, 1.54) is 12.1 Å². The lowest BCUT2D eigenvalue weighted by Crippen LogP contribution is -2.31. The number of hydrogen-bond donors (Lipinski definition) is 0. The molecule has 1 aromatic heterocycles. The molecule has 2 heterocycles. The summed E-state index contributed by atoms with van der Waals surface area (Å²) in [6.07, 6.45) is 3.92. The van der Waals surface area contributed by atoms with Crippen LogP contribution in [0.5, 0.6) is 0 Å². The maximum atomic E-state index is 13.0. The fraction of sp³-hybridized carbons (Fsp3) is 0.312. The van der Waals surface area contributed by atoms with Crippen molar-refractivity contribution in [3.05, 3.63) is 54.1 Å². The Balaban J connectivity index is 1.80. The molecule has 1 saturated heterocycles. The molecule has 116 valence electrons. The Hall–Kier alpha value is -1.79. The van der Waals surface area contributed by atoms with Crippen molar-refractivity contribution in [2.45, 2.75) is 5.37 Å². The second-order valence-corrected chi connectivity index (χ2v) is 6.14. The summed E-state index contributed by atoms with van der Waals surface area (Å²) in [5, 5.41) is 0.0179. The molecule has 0 radical (unpaired) electrons. The molecule has 0 spiro atoms. The fourth-order valence-corrected chi connectivity index (χ4v) is 3.70. The first kappa shape index (κ1) is 15.1. The predicted molar refractivity (Wildman–Crippen MR) is 84.5 cm³/mol. The van der Waals surface area contributed by atoms with E-state index < -0.39 is 0 Å². The molecule has 0 saturated carbocycles. The van der Waals surface area contributed by atoms with Gasteiger partial charge in [-0.15, -0.1) is 11.8 Å². The van der Waals surface area contributed by atoms with Crippen LogP contribution in [0.4, 0.5) is 4.39 Å². The molecule has 6 heteroatoms. The molecule has 1 aromatic carbocycles. The minimum absolute atomic E-state index is 0.0179. The summed E-state index contributed by atoms with van der Waals surface area (Å²) in [6.45, 7) is 1.12. The predicted octanol–water partition coefficient (Wildman–Crippen LogP) is 2.84. The normalized spacial score (nSPS) is 18.2. The SMILES string of the molecule is COCCN1C(=O)CS[C@@H]1c1ccn(-c2ccc(F)cc2)c1. The van der Waals surface area contributed by atoms with E-state index in [2.05, 4.69) is 0 Å². The molecule has 1 aliphatic heterocycles. The van der Waals surface area contributed by atoms with Crippen LogP contribution >= 0.6 is 11.8 Å². The van der Waals surface area contributed by atoms with E-state index in [-0.39, 0.29) is 17.1 Å². The molecule has 1 atom stereocenters. The maximum absolute atomic E-state index is 13.0. The minimum atomic E-state index is -0.251. The van der Waals surface area contributed by atoms with Gasteiger partial charge in [0.15, 0.2) is 0 Å². The van der Waals surface area contributed by atoms with Gasteiger partial charge in [0.1, 0.15) is 11.2 Å². The Morgan fingerprint density at radius 1 is 1.32 bits per heavy atom. The molecular formula is C16H17FN2O2S. The zero-order chi connectivity index (χ0) is 15.5. The number of amides is 1. The molecule has 1 fully saturated rings. The van der Waals surface area contributed by atoms with Crippen LogP contribution in [0.15, 0.2) is 42.7 Å². The van der Waals surface area contributed by atoms with Gasteiger partial charge in [-0.25, -0.2) is 4.39 Å². The Kier molecular flexibility index (Phi) is 4.49. The number of benzene rings is 1. The van der Waals surface area contributed by atoms with E-state index in [0.29, 0.717) is 18.9 Å². The highest BCUT2D eigenvalue weighted by atomic mass is 32.2. The van der Waals surface area contributed by atoms with Crippen molar-refractivity contribution in [1.29, 1.82) is 0 Å². The molecule has 0 unspecified atom stereocenters. The van der Waals surface area contributed by atoms with Crippen LogP contribution in [0.1, 0.15) is 10.9 Å². The number of hydrogen-bond acceptors (Lipinski definition) is 3. The molecular weight excluding hydrogens is 303 g/mol. The van der Waals surface area contributed by atoms with E-state index >= 15 is 0 Å². The summed E-state index contributed by atoms with van der Waals surface area (Å²) in [5.41, 5.74) is 1.96. The number of methoxy groups -OCH3 is 1. The van der Waals surface area contributed by atoms with Gasteiger partial charge in [0.05, 0.1) is 12.4 Å². The van der Waals surface area contributed by atoms with Gasteiger partial charge < -0.3 is 14.2 Å². The topological polar surface area (TPSA) is 34.5 Å². The first-order valence-electron chi connectivity index (χ1n) is 7.03. The smallest absolute Gasteiger partial charge is 0.233 e. The number of carbonyl (C=O) groups is 1. The van der Waals surface area contributed by atoms with E-state index in [9.17, 15) is 9.18 Å². The molecule has 22 heavy (non-hydrogen) atoms. The number of thioether (sulfide) groups is 1. The number of aromatic nitrogens is 1. The second kappa shape index (κ2) is 6.54. The summed E-state index contributed by atoms with van der Waals surface area (Å²) in [5.74, 6) is 0.385. The van der Waals surface area contributed by atoms with Crippen molar-refractivity contribution in [3.8, 4) is 5.69 Å². The van der Waals surface area contributed by atoms with E-state index in [1.54, 1.807) is 31.0 Å². The third kappa shape index (κ3) is 3.03. The zero-order valence-electron chi connectivity index (χ0n) is 12.2. The second-order valence-electron chi connectivity index (χ2n) is 5.07. The number of halogens is 1. The Bertz CT molecular complexity index is 656. The van der Waals surface area contributed by atoms with Crippen LogP contribution in [0.3, 0.4) is 0 Å². The van der Waals surface area contributed by atoms with Crippen molar-refractivity contribution in [2.24, 2.45) is 0 Å². The van der Waals surface area contributed by atoms with Crippen molar-refractivity contribution >= 4 is 17.7 Å². The van der Waals surface area contributed by atoms with Gasteiger partial charge in [-0.05, 0) is 30.3 Å². The first-order valence-corrected chi connectivity index (χ1v) is 8.08. The highest BCUT2D eigenvalue weighted by Gasteiger charge is 2.32. The van der Waals surface area contributed by atoms with Crippen LogP contribution in [0.25, 0.3) is 5.69 Å². The molecule has 0 aliphatic carbocycles. The molecule has 0 N–H and O–H groups in total. The van der Waals surface area contributed by atoms with Crippen LogP contribution in [0.2, 0.25) is 0 Å². The Morgan fingerprint density at radius 2 is 2.09 bits per heavy atom. The van der Waals surface area contributed by atoms with E-state index in [4.69, 9.17) is 4.74 Å². The average molecular weight is 320 g/mol.